The second kappa shape index (κ2) is 8.05. The molecule has 0 aliphatic heterocycles. The maximum Gasteiger partial charge on any atom is 0.267 e. The van der Waals surface area contributed by atoms with Gasteiger partial charge < -0.3 is 0 Å². The van der Waals surface area contributed by atoms with Gasteiger partial charge in [-0.15, -0.1) is 11.3 Å². The summed E-state index contributed by atoms with van der Waals surface area (Å²) in [6.07, 6.45) is 3.41. The standard InChI is InChI=1S/C25H24N2OS2/c1-16-11-13-19(14-12-16)27-24(28)22-21-17(2)7-6-10-20(21)30-23(22)26-25(27)29-15-18-8-4-3-5-9-18/h3-5,8-9,11-14,17H,6-7,10,15H2,1-2H3. The van der Waals surface area contributed by atoms with Crippen molar-refractivity contribution in [3.63, 3.8) is 0 Å². The van der Waals surface area contributed by atoms with Crippen molar-refractivity contribution < 1.29 is 0 Å². The molecule has 0 spiro atoms. The molecule has 0 saturated heterocycles. The number of hydrogen-bond donors (Lipinski definition) is 0. The molecule has 5 rings (SSSR count). The Kier molecular flexibility index (Phi) is 5.25. The molecular weight excluding hydrogens is 408 g/mol. The van der Waals surface area contributed by atoms with Crippen LogP contribution in [0.5, 0.6) is 0 Å². The van der Waals surface area contributed by atoms with E-state index in [1.54, 1.807) is 23.1 Å². The Labute approximate surface area is 184 Å². The summed E-state index contributed by atoms with van der Waals surface area (Å²) < 4.78 is 1.82. The van der Waals surface area contributed by atoms with E-state index in [1.807, 2.05) is 34.9 Å². The average molecular weight is 433 g/mol. The minimum absolute atomic E-state index is 0.0747. The Morgan fingerprint density at radius 2 is 1.90 bits per heavy atom. The topological polar surface area (TPSA) is 34.9 Å². The fourth-order valence-corrected chi connectivity index (χ4v) is 6.60. The van der Waals surface area contributed by atoms with E-state index in [-0.39, 0.29) is 5.56 Å². The molecule has 1 aliphatic rings. The van der Waals surface area contributed by atoms with Crippen molar-refractivity contribution in [3.05, 3.63) is 86.5 Å². The molecule has 0 radical (unpaired) electrons. The SMILES string of the molecule is Cc1ccc(-n2c(SCc3ccccc3)nc3sc4c(c3c2=O)C(C)CCC4)cc1. The molecule has 2 aromatic carbocycles. The molecule has 2 heterocycles. The molecule has 1 aliphatic carbocycles. The van der Waals surface area contributed by atoms with Crippen LogP contribution in [0.15, 0.2) is 64.5 Å². The van der Waals surface area contributed by atoms with Gasteiger partial charge in [0.1, 0.15) is 4.83 Å². The molecule has 1 unspecified atom stereocenters. The number of aromatic nitrogens is 2. The Morgan fingerprint density at radius 1 is 1.13 bits per heavy atom. The summed E-state index contributed by atoms with van der Waals surface area (Å²) >= 11 is 3.36. The molecule has 0 bridgehead atoms. The van der Waals surface area contributed by atoms with Crippen LogP contribution >= 0.6 is 23.1 Å². The number of hydrogen-bond acceptors (Lipinski definition) is 4. The number of thiophene rings is 1. The van der Waals surface area contributed by atoms with Gasteiger partial charge in [-0.1, -0.05) is 66.7 Å². The Morgan fingerprint density at radius 3 is 2.67 bits per heavy atom. The summed E-state index contributed by atoms with van der Waals surface area (Å²) in [4.78, 5) is 21.1. The Bertz CT molecular complexity index is 1260. The predicted octanol–water partition coefficient (Wildman–Crippen LogP) is 6.49. The number of rotatable bonds is 4. The van der Waals surface area contributed by atoms with E-state index in [0.717, 1.165) is 39.7 Å². The number of aryl methyl sites for hydroxylation is 2. The monoisotopic (exact) mass is 432 g/mol. The summed E-state index contributed by atoms with van der Waals surface area (Å²) in [5.41, 5.74) is 4.62. The van der Waals surface area contributed by atoms with Crippen molar-refractivity contribution in [2.75, 3.05) is 0 Å². The van der Waals surface area contributed by atoms with Crippen LogP contribution in [0.3, 0.4) is 0 Å². The summed E-state index contributed by atoms with van der Waals surface area (Å²) in [5, 5.41) is 1.61. The van der Waals surface area contributed by atoms with Crippen LogP contribution < -0.4 is 5.56 Å². The molecule has 5 heteroatoms. The highest BCUT2D eigenvalue weighted by atomic mass is 32.2. The molecular formula is C25H24N2OS2. The summed E-state index contributed by atoms with van der Waals surface area (Å²) in [6, 6.07) is 18.5. The molecule has 30 heavy (non-hydrogen) atoms. The lowest BCUT2D eigenvalue weighted by atomic mass is 9.88. The highest BCUT2D eigenvalue weighted by molar-refractivity contribution is 7.98. The largest absolute Gasteiger partial charge is 0.268 e. The first-order valence-corrected chi connectivity index (χ1v) is 12.2. The normalized spacial score (nSPS) is 16.0. The Hall–Kier alpha value is -2.37. The summed E-state index contributed by atoms with van der Waals surface area (Å²) in [7, 11) is 0. The molecule has 1 atom stereocenters. The van der Waals surface area contributed by atoms with Gasteiger partial charge >= 0.3 is 0 Å². The number of fused-ring (bicyclic) bond motifs is 3. The van der Waals surface area contributed by atoms with E-state index >= 15 is 0 Å². The van der Waals surface area contributed by atoms with Gasteiger partial charge in [0, 0.05) is 10.6 Å². The van der Waals surface area contributed by atoms with Crippen LogP contribution in [0.1, 0.15) is 47.3 Å². The summed E-state index contributed by atoms with van der Waals surface area (Å²) in [6.45, 7) is 4.31. The molecule has 0 N–H and O–H groups in total. The average Bonchev–Trinajstić information content (AvgIpc) is 3.14. The molecule has 3 nitrogen and oxygen atoms in total. The van der Waals surface area contributed by atoms with Crippen LogP contribution in [-0.2, 0) is 12.2 Å². The first-order valence-electron chi connectivity index (χ1n) is 10.4. The van der Waals surface area contributed by atoms with Crippen LogP contribution in [0.25, 0.3) is 15.9 Å². The van der Waals surface area contributed by atoms with Gasteiger partial charge in [0.2, 0.25) is 0 Å². The quantitative estimate of drug-likeness (QED) is 0.273. The van der Waals surface area contributed by atoms with Gasteiger partial charge in [-0.05, 0) is 55.4 Å². The van der Waals surface area contributed by atoms with E-state index in [0.29, 0.717) is 5.92 Å². The van der Waals surface area contributed by atoms with Gasteiger partial charge in [0.25, 0.3) is 5.56 Å². The number of nitrogens with zero attached hydrogens (tertiary/aromatic N) is 2. The minimum Gasteiger partial charge on any atom is -0.268 e. The fourth-order valence-electron chi connectivity index (χ4n) is 4.26. The summed E-state index contributed by atoms with van der Waals surface area (Å²) in [5.74, 6) is 1.21. The molecule has 2 aromatic heterocycles. The lowest BCUT2D eigenvalue weighted by molar-refractivity contribution is 0.601. The highest BCUT2D eigenvalue weighted by Gasteiger charge is 2.26. The van der Waals surface area contributed by atoms with Crippen molar-refractivity contribution in [3.8, 4) is 5.69 Å². The Balaban J connectivity index is 1.70. The van der Waals surface area contributed by atoms with Crippen molar-refractivity contribution in [2.45, 2.75) is 49.9 Å². The third-order valence-corrected chi connectivity index (χ3v) is 8.01. The maximum atomic E-state index is 13.8. The number of thioether (sulfide) groups is 1. The first kappa shape index (κ1) is 19.6. The van der Waals surface area contributed by atoms with Gasteiger partial charge in [-0.3, -0.25) is 9.36 Å². The molecule has 4 aromatic rings. The van der Waals surface area contributed by atoms with Crippen LogP contribution in [0.4, 0.5) is 0 Å². The van der Waals surface area contributed by atoms with Gasteiger partial charge in [0.05, 0.1) is 11.1 Å². The third-order valence-electron chi connectivity index (χ3n) is 5.85. The van der Waals surface area contributed by atoms with E-state index in [4.69, 9.17) is 4.98 Å². The minimum atomic E-state index is 0.0747. The second-order valence-corrected chi connectivity index (χ2v) is 10.1. The van der Waals surface area contributed by atoms with Gasteiger partial charge in [-0.2, -0.15) is 0 Å². The molecule has 152 valence electrons. The van der Waals surface area contributed by atoms with Gasteiger partial charge in [0.15, 0.2) is 5.16 Å². The van der Waals surface area contributed by atoms with Crippen molar-refractivity contribution in [1.29, 1.82) is 0 Å². The van der Waals surface area contributed by atoms with Crippen molar-refractivity contribution >= 4 is 33.3 Å². The van der Waals surface area contributed by atoms with E-state index in [1.165, 1.54) is 28.0 Å². The van der Waals surface area contributed by atoms with Crippen LogP contribution in [0.2, 0.25) is 0 Å². The second-order valence-electron chi connectivity index (χ2n) is 8.06. The molecule has 0 fully saturated rings. The molecule has 0 saturated carbocycles. The highest BCUT2D eigenvalue weighted by Crippen LogP contribution is 2.41. The zero-order valence-electron chi connectivity index (χ0n) is 17.2. The van der Waals surface area contributed by atoms with Gasteiger partial charge in [-0.25, -0.2) is 4.98 Å². The van der Waals surface area contributed by atoms with E-state index in [9.17, 15) is 4.79 Å². The van der Waals surface area contributed by atoms with E-state index in [2.05, 4.69) is 38.1 Å². The van der Waals surface area contributed by atoms with Crippen molar-refractivity contribution in [1.82, 2.24) is 9.55 Å². The zero-order chi connectivity index (χ0) is 20.7. The molecule has 0 amide bonds. The predicted molar refractivity (Wildman–Crippen MR) is 127 cm³/mol. The van der Waals surface area contributed by atoms with Crippen LogP contribution in [0, 0.1) is 6.92 Å². The fraction of sp³-hybridized carbons (Fsp3) is 0.280. The number of benzene rings is 2. The van der Waals surface area contributed by atoms with Crippen molar-refractivity contribution in [2.24, 2.45) is 0 Å². The zero-order valence-corrected chi connectivity index (χ0v) is 18.9. The maximum absolute atomic E-state index is 13.8. The first-order chi connectivity index (χ1) is 14.6. The lowest BCUT2D eigenvalue weighted by Gasteiger charge is -2.19. The third kappa shape index (κ3) is 3.50. The smallest absolute Gasteiger partial charge is 0.267 e. The van der Waals surface area contributed by atoms with Crippen LogP contribution in [-0.4, -0.2) is 9.55 Å². The lowest BCUT2D eigenvalue weighted by Crippen LogP contribution is -2.22. The van der Waals surface area contributed by atoms with E-state index < -0.39 is 0 Å².